The van der Waals surface area contributed by atoms with E-state index in [1.807, 2.05) is 38.2 Å². The number of benzene rings is 1. The monoisotopic (exact) mass is 552 g/mol. The molecule has 0 aliphatic heterocycles. The summed E-state index contributed by atoms with van der Waals surface area (Å²) in [6.07, 6.45) is 11.9. The number of hydrogen-bond donors (Lipinski definition) is 3. The van der Waals surface area contributed by atoms with Crippen LogP contribution in [0.15, 0.2) is 33.6 Å². The van der Waals surface area contributed by atoms with Crippen molar-refractivity contribution in [2.45, 2.75) is 94.5 Å². The zero-order valence-electron chi connectivity index (χ0n) is 20.8. The molecule has 2 bridgehead atoms. The maximum atomic E-state index is 11.4. The summed E-state index contributed by atoms with van der Waals surface area (Å²) in [6.45, 7) is 4.19. The first kappa shape index (κ1) is 27.7. The van der Waals surface area contributed by atoms with Crippen LogP contribution in [0.4, 0.5) is 0 Å². The predicted octanol–water partition coefficient (Wildman–Crippen LogP) is 6.46. The summed E-state index contributed by atoms with van der Waals surface area (Å²) in [5.41, 5.74) is -0.806. The Kier molecular flexibility index (Phi) is 10.1. The van der Waals surface area contributed by atoms with Gasteiger partial charge in [0.15, 0.2) is 0 Å². The van der Waals surface area contributed by atoms with E-state index < -0.39 is 11.4 Å². The van der Waals surface area contributed by atoms with Gasteiger partial charge in [-0.05, 0) is 110 Å². The van der Waals surface area contributed by atoms with E-state index in [2.05, 4.69) is 32.9 Å². The van der Waals surface area contributed by atoms with Gasteiger partial charge in [-0.1, -0.05) is 44.7 Å². The molecule has 0 heterocycles. The zero-order chi connectivity index (χ0) is 24.8. The van der Waals surface area contributed by atoms with Crippen LogP contribution in [-0.4, -0.2) is 36.0 Å². The first-order chi connectivity index (χ1) is 16.3. The number of carbonyl (C=O) groups excluding carboxylic acids is 1. The number of carboxylic acids is 1. The third-order valence-electron chi connectivity index (χ3n) is 8.29. The Labute approximate surface area is 217 Å². The summed E-state index contributed by atoms with van der Waals surface area (Å²) < 4.78 is 4.42. The molecule has 34 heavy (non-hydrogen) atoms. The van der Waals surface area contributed by atoms with Crippen LogP contribution in [0.3, 0.4) is 0 Å². The lowest BCUT2D eigenvalue weighted by Crippen LogP contribution is -2.52. The molecule has 0 spiro atoms. The lowest BCUT2D eigenvalue weighted by molar-refractivity contribution is -0.154. The number of carbonyl (C=O) groups is 2. The number of halogens is 1. The van der Waals surface area contributed by atoms with Gasteiger partial charge in [-0.15, -0.1) is 0 Å². The number of aliphatic carboxylic acids is 1. The van der Waals surface area contributed by atoms with Gasteiger partial charge >= 0.3 is 5.97 Å². The van der Waals surface area contributed by atoms with Gasteiger partial charge in [0, 0.05) is 15.4 Å². The zero-order valence-corrected chi connectivity index (χ0v) is 23.2. The average Bonchev–Trinajstić information content (AvgIpc) is 2.84. The summed E-state index contributed by atoms with van der Waals surface area (Å²) in [7, 11) is 2.03. The second kappa shape index (κ2) is 12.4. The van der Waals surface area contributed by atoms with Crippen molar-refractivity contribution in [3.05, 3.63) is 28.7 Å². The highest BCUT2D eigenvalue weighted by atomic mass is 79.9. The Bertz CT molecular complexity index is 832. The van der Waals surface area contributed by atoms with Gasteiger partial charge in [0.2, 0.25) is 0 Å². The van der Waals surface area contributed by atoms with E-state index in [1.54, 1.807) is 11.9 Å². The fraction of sp³-hybridized carbons (Fsp3) is 0.704. The predicted molar refractivity (Wildman–Crippen MR) is 143 cm³/mol. The topological polar surface area (TPSA) is 78.4 Å². The summed E-state index contributed by atoms with van der Waals surface area (Å²) in [5, 5.41) is 12.9. The van der Waals surface area contributed by atoms with Gasteiger partial charge in [0.05, 0.1) is 11.0 Å². The number of aldehydes is 1. The van der Waals surface area contributed by atoms with Crippen LogP contribution in [0.1, 0.15) is 78.1 Å². The standard InChI is InChI=1S/C14H25NO2.C13H16BrNOS/c1-4-10-5-9-6-11(12(10)15-3)8-14(2,7-9)13(16)17;14-11-6-2-3-7-12(11)17-15-13(10-16)8-4-1-5-9-13/h9-12,15H,4-8H2,1-3H3,(H,16,17);2-3,6-7,10,15H,1,4-5,8-9H2. The molecule has 5 nitrogen and oxygen atoms in total. The molecule has 0 radical (unpaired) electrons. The highest BCUT2D eigenvalue weighted by Crippen LogP contribution is 2.51. The number of carboxylic acid groups (broad SMARTS) is 1. The smallest absolute Gasteiger partial charge is 0.309 e. The fourth-order valence-corrected chi connectivity index (χ4v) is 7.89. The Morgan fingerprint density at radius 3 is 2.50 bits per heavy atom. The highest BCUT2D eigenvalue weighted by Gasteiger charge is 2.49. The highest BCUT2D eigenvalue weighted by molar-refractivity contribution is 9.10. The van der Waals surface area contributed by atoms with E-state index in [1.165, 1.54) is 25.7 Å². The third kappa shape index (κ3) is 6.65. The van der Waals surface area contributed by atoms with E-state index in [0.29, 0.717) is 17.9 Å². The minimum absolute atomic E-state index is 0.321. The van der Waals surface area contributed by atoms with Crippen molar-refractivity contribution >= 4 is 40.1 Å². The maximum absolute atomic E-state index is 11.4. The molecule has 3 N–H and O–H groups in total. The van der Waals surface area contributed by atoms with Crippen molar-refractivity contribution in [1.82, 2.24) is 10.0 Å². The second-order valence-electron chi connectivity index (χ2n) is 10.8. The summed E-state index contributed by atoms with van der Waals surface area (Å²) >= 11 is 5.06. The lowest BCUT2D eigenvalue weighted by Gasteiger charge is -2.50. The van der Waals surface area contributed by atoms with Crippen LogP contribution in [0, 0.1) is 23.2 Å². The van der Waals surface area contributed by atoms with Gasteiger partial charge < -0.3 is 15.2 Å². The third-order valence-corrected chi connectivity index (χ3v) is 10.3. The molecule has 3 saturated carbocycles. The minimum Gasteiger partial charge on any atom is -0.481 e. The van der Waals surface area contributed by atoms with Crippen LogP contribution >= 0.6 is 27.9 Å². The van der Waals surface area contributed by atoms with Crippen molar-refractivity contribution in [2.75, 3.05) is 7.05 Å². The molecule has 7 heteroatoms. The van der Waals surface area contributed by atoms with E-state index in [9.17, 15) is 14.7 Å². The molecule has 1 aromatic rings. The van der Waals surface area contributed by atoms with Crippen molar-refractivity contribution in [3.63, 3.8) is 0 Å². The molecule has 0 aromatic heterocycles. The van der Waals surface area contributed by atoms with Gasteiger partial charge in [-0.3, -0.25) is 4.79 Å². The molecule has 4 rings (SSSR count). The molecule has 5 atom stereocenters. The van der Waals surface area contributed by atoms with Crippen LogP contribution in [-0.2, 0) is 9.59 Å². The minimum atomic E-state index is -0.600. The first-order valence-corrected chi connectivity index (χ1v) is 14.4. The van der Waals surface area contributed by atoms with Gasteiger partial charge in [0.1, 0.15) is 6.29 Å². The van der Waals surface area contributed by atoms with Crippen molar-refractivity contribution in [1.29, 1.82) is 0 Å². The van der Waals surface area contributed by atoms with E-state index in [4.69, 9.17) is 0 Å². The largest absolute Gasteiger partial charge is 0.481 e. The molecule has 3 aliphatic carbocycles. The molecule has 0 saturated heterocycles. The molecule has 1 aromatic carbocycles. The lowest BCUT2D eigenvalue weighted by atomic mass is 9.57. The van der Waals surface area contributed by atoms with Gasteiger partial charge in [-0.25, -0.2) is 4.72 Å². The molecule has 3 fully saturated rings. The quantitative estimate of drug-likeness (QED) is 0.266. The Morgan fingerprint density at radius 1 is 1.21 bits per heavy atom. The van der Waals surface area contributed by atoms with Gasteiger partial charge in [0.25, 0.3) is 0 Å². The van der Waals surface area contributed by atoms with E-state index in [0.717, 1.165) is 60.1 Å². The first-order valence-electron chi connectivity index (χ1n) is 12.8. The maximum Gasteiger partial charge on any atom is 0.309 e. The summed E-state index contributed by atoms with van der Waals surface area (Å²) in [6, 6.07) is 8.57. The summed E-state index contributed by atoms with van der Waals surface area (Å²) in [5.74, 6) is 1.32. The Hall–Kier alpha value is -0.890. The van der Waals surface area contributed by atoms with Crippen molar-refractivity contribution in [3.8, 4) is 0 Å². The molecule has 190 valence electrons. The van der Waals surface area contributed by atoms with E-state index >= 15 is 0 Å². The molecule has 5 unspecified atom stereocenters. The number of hydrogen-bond acceptors (Lipinski definition) is 5. The van der Waals surface area contributed by atoms with E-state index in [-0.39, 0.29) is 5.54 Å². The Morgan fingerprint density at radius 2 is 1.91 bits per heavy atom. The fourth-order valence-electron chi connectivity index (χ4n) is 6.48. The van der Waals surface area contributed by atoms with Crippen LogP contribution in [0.5, 0.6) is 0 Å². The van der Waals surface area contributed by atoms with Crippen LogP contribution < -0.4 is 10.0 Å². The molecular formula is C27H41BrN2O3S. The number of rotatable bonds is 7. The normalized spacial score (nSPS) is 32.2. The van der Waals surface area contributed by atoms with Crippen molar-refractivity contribution in [2.24, 2.45) is 23.2 Å². The van der Waals surface area contributed by atoms with Crippen molar-refractivity contribution < 1.29 is 14.7 Å². The molecular weight excluding hydrogens is 512 g/mol. The SMILES string of the molecule is CCC1CC2CC(CC(C)(C(=O)O)C2)C1NC.O=CC1(NSc2ccccc2Br)CCCCC1. The van der Waals surface area contributed by atoms with Gasteiger partial charge in [-0.2, -0.15) is 0 Å². The second-order valence-corrected chi connectivity index (χ2v) is 12.5. The summed E-state index contributed by atoms with van der Waals surface area (Å²) in [4.78, 5) is 23.9. The number of fused-ring (bicyclic) bond motifs is 2. The molecule has 0 amide bonds. The Balaban J connectivity index is 0.000000191. The average molecular weight is 554 g/mol. The molecule has 3 aliphatic rings. The van der Waals surface area contributed by atoms with Crippen LogP contribution in [0.25, 0.3) is 0 Å². The van der Waals surface area contributed by atoms with Crippen LogP contribution in [0.2, 0.25) is 0 Å². The number of nitrogens with one attached hydrogen (secondary N) is 2.